The number of hydrogen-bond donors (Lipinski definition) is 2. The van der Waals surface area contributed by atoms with Crippen LogP contribution >= 0.6 is 11.8 Å². The molecule has 1 unspecified atom stereocenters. The number of carbonyl (C=O) groups is 1. The van der Waals surface area contributed by atoms with Gasteiger partial charge in [-0.2, -0.15) is 11.8 Å². The van der Waals surface area contributed by atoms with Crippen LogP contribution < -0.4 is 10.6 Å². The Morgan fingerprint density at radius 3 is 2.46 bits per heavy atom. The number of rotatable bonds is 5. The maximum atomic E-state index is 11.4. The molecule has 0 aromatic heterocycles. The van der Waals surface area contributed by atoms with Crippen molar-refractivity contribution in [3.8, 4) is 0 Å². The van der Waals surface area contributed by atoms with Crippen molar-refractivity contribution in [3.05, 3.63) is 0 Å². The van der Waals surface area contributed by atoms with Gasteiger partial charge in [-0.15, -0.1) is 0 Å². The molecule has 0 aliphatic rings. The third kappa shape index (κ3) is 5.16. The molecule has 0 radical (unpaired) electrons. The van der Waals surface area contributed by atoms with Gasteiger partial charge < -0.3 is 10.6 Å². The average molecular weight is 204 g/mol. The van der Waals surface area contributed by atoms with Gasteiger partial charge in [-0.1, -0.05) is 0 Å². The number of likely N-dealkylation sites (N-methyl/N-ethyl adjacent to an activating group) is 1. The second-order valence-corrected chi connectivity index (χ2v) is 5.21. The number of hydrogen-bond acceptors (Lipinski definition) is 3. The molecule has 78 valence electrons. The Labute approximate surface area is 85.0 Å². The van der Waals surface area contributed by atoms with Gasteiger partial charge >= 0.3 is 0 Å². The molecule has 0 rings (SSSR count). The molecule has 0 spiro atoms. The predicted molar refractivity (Wildman–Crippen MR) is 59.1 cm³/mol. The molecular weight excluding hydrogens is 184 g/mol. The Morgan fingerprint density at radius 1 is 1.54 bits per heavy atom. The van der Waals surface area contributed by atoms with Gasteiger partial charge in [-0.25, -0.2) is 0 Å². The van der Waals surface area contributed by atoms with Gasteiger partial charge in [0.25, 0.3) is 0 Å². The summed E-state index contributed by atoms with van der Waals surface area (Å²) in [6, 6.07) is -0.113. The maximum Gasteiger partial charge on any atom is 0.236 e. The molecule has 2 N–H and O–H groups in total. The smallest absolute Gasteiger partial charge is 0.236 e. The van der Waals surface area contributed by atoms with E-state index in [9.17, 15) is 4.79 Å². The summed E-state index contributed by atoms with van der Waals surface area (Å²) in [6.45, 7) is 6.78. The summed E-state index contributed by atoms with van der Waals surface area (Å²) in [5.74, 6) is 0.0598. The molecule has 0 aromatic carbocycles. The van der Waals surface area contributed by atoms with E-state index in [0.717, 1.165) is 0 Å². The predicted octanol–water partition coefficient (Wildman–Crippen LogP) is 0.852. The van der Waals surface area contributed by atoms with Crippen molar-refractivity contribution in [1.82, 2.24) is 10.6 Å². The van der Waals surface area contributed by atoms with Crippen molar-refractivity contribution in [2.75, 3.05) is 19.8 Å². The SMILES string of the molecule is CNC(C)C(=O)NCC(C)(C)SC. The largest absolute Gasteiger partial charge is 0.353 e. The van der Waals surface area contributed by atoms with Gasteiger partial charge in [0.1, 0.15) is 0 Å². The van der Waals surface area contributed by atoms with Crippen LogP contribution in [0.1, 0.15) is 20.8 Å². The third-order valence-corrected chi connectivity index (χ3v) is 3.32. The summed E-state index contributed by atoms with van der Waals surface area (Å²) >= 11 is 1.75. The van der Waals surface area contributed by atoms with E-state index in [1.54, 1.807) is 18.8 Å². The van der Waals surface area contributed by atoms with Gasteiger partial charge in [0, 0.05) is 11.3 Å². The molecule has 0 saturated carbocycles. The fourth-order valence-corrected chi connectivity index (χ4v) is 0.873. The molecule has 1 amide bonds. The molecular formula is C9H20N2OS. The molecule has 0 saturated heterocycles. The van der Waals surface area contributed by atoms with Crippen molar-refractivity contribution in [2.45, 2.75) is 31.6 Å². The second kappa shape index (κ2) is 5.50. The quantitative estimate of drug-likeness (QED) is 0.697. The lowest BCUT2D eigenvalue weighted by atomic mass is 10.2. The summed E-state index contributed by atoms with van der Waals surface area (Å²) in [7, 11) is 1.78. The van der Waals surface area contributed by atoms with E-state index in [1.165, 1.54) is 0 Å². The summed E-state index contributed by atoms with van der Waals surface area (Å²) in [6.07, 6.45) is 2.05. The van der Waals surface area contributed by atoms with E-state index in [-0.39, 0.29) is 16.7 Å². The number of carbonyl (C=O) groups excluding carboxylic acids is 1. The fourth-order valence-electron chi connectivity index (χ4n) is 0.656. The van der Waals surface area contributed by atoms with Crippen molar-refractivity contribution in [2.24, 2.45) is 0 Å². The van der Waals surface area contributed by atoms with Gasteiger partial charge in [-0.3, -0.25) is 4.79 Å². The molecule has 4 heteroatoms. The van der Waals surface area contributed by atoms with E-state index in [4.69, 9.17) is 0 Å². The highest BCUT2D eigenvalue weighted by atomic mass is 32.2. The van der Waals surface area contributed by atoms with Gasteiger partial charge in [0.2, 0.25) is 5.91 Å². The molecule has 3 nitrogen and oxygen atoms in total. The monoisotopic (exact) mass is 204 g/mol. The normalized spacial score (nSPS) is 13.9. The first-order chi connectivity index (χ1) is 5.93. The minimum absolute atomic E-state index is 0.0598. The lowest BCUT2D eigenvalue weighted by Gasteiger charge is -2.23. The molecule has 0 bridgehead atoms. The van der Waals surface area contributed by atoms with E-state index < -0.39 is 0 Å². The fraction of sp³-hybridized carbons (Fsp3) is 0.889. The van der Waals surface area contributed by atoms with Gasteiger partial charge in [-0.05, 0) is 34.1 Å². The summed E-state index contributed by atoms with van der Waals surface area (Å²) < 4.78 is 0.114. The van der Waals surface area contributed by atoms with Crippen molar-refractivity contribution < 1.29 is 4.79 Å². The van der Waals surface area contributed by atoms with E-state index in [0.29, 0.717) is 6.54 Å². The van der Waals surface area contributed by atoms with E-state index in [2.05, 4.69) is 24.5 Å². The minimum atomic E-state index is -0.113. The standard InChI is InChI=1S/C9H20N2OS/c1-7(10-4)8(12)11-6-9(2,3)13-5/h7,10H,6H2,1-5H3,(H,11,12). The lowest BCUT2D eigenvalue weighted by Crippen LogP contribution is -2.44. The molecule has 0 aliphatic heterocycles. The van der Waals surface area contributed by atoms with Crippen LogP contribution in [0.4, 0.5) is 0 Å². The Balaban J connectivity index is 3.83. The minimum Gasteiger partial charge on any atom is -0.353 e. The zero-order chi connectivity index (χ0) is 10.5. The zero-order valence-electron chi connectivity index (χ0n) is 9.10. The molecule has 0 aromatic rings. The highest BCUT2D eigenvalue weighted by molar-refractivity contribution is 7.99. The summed E-state index contributed by atoms with van der Waals surface area (Å²) in [5, 5.41) is 5.80. The topological polar surface area (TPSA) is 41.1 Å². The highest BCUT2D eigenvalue weighted by Crippen LogP contribution is 2.19. The first kappa shape index (κ1) is 12.8. The van der Waals surface area contributed by atoms with Gasteiger partial charge in [0.15, 0.2) is 0 Å². The van der Waals surface area contributed by atoms with Crippen LogP contribution in [-0.2, 0) is 4.79 Å². The van der Waals surface area contributed by atoms with Crippen LogP contribution in [0.3, 0.4) is 0 Å². The number of thioether (sulfide) groups is 1. The zero-order valence-corrected chi connectivity index (χ0v) is 9.92. The van der Waals surface area contributed by atoms with Crippen molar-refractivity contribution in [3.63, 3.8) is 0 Å². The molecule has 13 heavy (non-hydrogen) atoms. The molecule has 1 atom stereocenters. The Kier molecular flexibility index (Phi) is 5.40. The van der Waals surface area contributed by atoms with Crippen molar-refractivity contribution >= 4 is 17.7 Å². The average Bonchev–Trinajstić information content (AvgIpc) is 2.13. The number of nitrogens with one attached hydrogen (secondary N) is 2. The highest BCUT2D eigenvalue weighted by Gasteiger charge is 2.18. The van der Waals surface area contributed by atoms with Crippen LogP contribution in [0.25, 0.3) is 0 Å². The summed E-state index contributed by atoms with van der Waals surface area (Å²) in [5.41, 5.74) is 0. The van der Waals surface area contributed by atoms with Gasteiger partial charge in [0.05, 0.1) is 6.04 Å². The number of amides is 1. The molecule has 0 aliphatic carbocycles. The second-order valence-electron chi connectivity index (χ2n) is 3.69. The van der Waals surface area contributed by atoms with Crippen LogP contribution in [-0.4, -0.2) is 36.5 Å². The maximum absolute atomic E-state index is 11.4. The summed E-state index contributed by atoms with van der Waals surface area (Å²) in [4.78, 5) is 11.4. The Morgan fingerprint density at radius 2 is 2.08 bits per heavy atom. The van der Waals surface area contributed by atoms with Crippen molar-refractivity contribution in [1.29, 1.82) is 0 Å². The van der Waals surface area contributed by atoms with Crippen LogP contribution in [0.2, 0.25) is 0 Å². The first-order valence-electron chi connectivity index (χ1n) is 4.43. The molecule has 0 fully saturated rings. The van der Waals surface area contributed by atoms with E-state index >= 15 is 0 Å². The first-order valence-corrected chi connectivity index (χ1v) is 5.65. The third-order valence-electron chi connectivity index (χ3n) is 2.07. The van der Waals surface area contributed by atoms with E-state index in [1.807, 2.05) is 13.2 Å². The lowest BCUT2D eigenvalue weighted by molar-refractivity contribution is -0.122. The Bertz CT molecular complexity index is 171. The van der Waals surface area contributed by atoms with Crippen LogP contribution in [0, 0.1) is 0 Å². The Hall–Kier alpha value is -0.220. The van der Waals surface area contributed by atoms with Crippen LogP contribution in [0.5, 0.6) is 0 Å². The van der Waals surface area contributed by atoms with Crippen LogP contribution in [0.15, 0.2) is 0 Å². The molecule has 0 heterocycles.